The minimum atomic E-state index is -2.83. The SMILES string of the molecule is CCN1CCN(CC2CCN(C(=O)C3CCC(C(C)=O)CC3)CC2(F)F)CC1. The molecule has 1 amide bonds. The van der Waals surface area contributed by atoms with E-state index < -0.39 is 18.4 Å². The molecule has 0 spiro atoms. The summed E-state index contributed by atoms with van der Waals surface area (Å²) >= 11 is 0. The van der Waals surface area contributed by atoms with E-state index in [-0.39, 0.29) is 23.5 Å². The lowest BCUT2D eigenvalue weighted by molar-refractivity contribution is -0.157. The van der Waals surface area contributed by atoms with E-state index in [2.05, 4.69) is 16.7 Å². The number of carbonyl (C=O) groups excluding carboxylic acids is 2. The monoisotopic (exact) mass is 399 g/mol. The van der Waals surface area contributed by atoms with Gasteiger partial charge in [-0.15, -0.1) is 0 Å². The van der Waals surface area contributed by atoms with Crippen molar-refractivity contribution in [1.29, 1.82) is 0 Å². The Kier molecular flexibility index (Phi) is 7.07. The van der Waals surface area contributed by atoms with Crippen LogP contribution in [0.4, 0.5) is 8.78 Å². The number of piperazine rings is 1. The van der Waals surface area contributed by atoms with Crippen molar-refractivity contribution in [1.82, 2.24) is 14.7 Å². The number of alkyl halides is 2. The van der Waals surface area contributed by atoms with Crippen molar-refractivity contribution < 1.29 is 18.4 Å². The summed E-state index contributed by atoms with van der Waals surface area (Å²) in [6.07, 6.45) is 3.09. The van der Waals surface area contributed by atoms with Gasteiger partial charge in [0, 0.05) is 57.0 Å². The quantitative estimate of drug-likeness (QED) is 0.713. The number of ketones is 1. The predicted octanol–water partition coefficient (Wildman–Crippen LogP) is 2.50. The van der Waals surface area contributed by atoms with Gasteiger partial charge in [-0.05, 0) is 45.6 Å². The van der Waals surface area contributed by atoms with Crippen LogP contribution < -0.4 is 0 Å². The molecule has 2 aliphatic heterocycles. The molecule has 5 nitrogen and oxygen atoms in total. The van der Waals surface area contributed by atoms with Crippen molar-refractivity contribution >= 4 is 11.7 Å². The van der Waals surface area contributed by atoms with E-state index in [1.807, 2.05) is 0 Å². The second-order valence-corrected chi connectivity index (χ2v) is 8.90. The van der Waals surface area contributed by atoms with Crippen LogP contribution in [0.25, 0.3) is 0 Å². The molecule has 28 heavy (non-hydrogen) atoms. The highest BCUT2D eigenvalue weighted by Gasteiger charge is 2.47. The molecule has 3 fully saturated rings. The van der Waals surface area contributed by atoms with Crippen molar-refractivity contribution in [3.05, 3.63) is 0 Å². The second kappa shape index (κ2) is 9.16. The van der Waals surface area contributed by atoms with E-state index in [1.54, 1.807) is 6.92 Å². The van der Waals surface area contributed by atoms with Crippen molar-refractivity contribution in [2.45, 2.75) is 51.9 Å². The van der Waals surface area contributed by atoms with Crippen LogP contribution >= 0.6 is 0 Å². The van der Waals surface area contributed by atoms with Gasteiger partial charge < -0.3 is 14.7 Å². The molecule has 2 heterocycles. The van der Waals surface area contributed by atoms with E-state index in [4.69, 9.17) is 0 Å². The maximum Gasteiger partial charge on any atom is 0.269 e. The molecule has 0 aromatic carbocycles. The average molecular weight is 400 g/mol. The number of rotatable bonds is 5. The largest absolute Gasteiger partial charge is 0.336 e. The molecule has 0 aromatic heterocycles. The molecule has 0 radical (unpaired) electrons. The van der Waals surface area contributed by atoms with Crippen molar-refractivity contribution in [3.8, 4) is 0 Å². The zero-order chi connectivity index (χ0) is 20.3. The molecule has 3 aliphatic rings. The Morgan fingerprint density at radius 2 is 1.46 bits per heavy atom. The third-order valence-corrected chi connectivity index (χ3v) is 7.10. The van der Waals surface area contributed by atoms with Gasteiger partial charge in [-0.2, -0.15) is 0 Å². The first kappa shape index (κ1) is 21.6. The van der Waals surface area contributed by atoms with Gasteiger partial charge in [0.2, 0.25) is 5.91 Å². The van der Waals surface area contributed by atoms with Crippen LogP contribution in [0.2, 0.25) is 0 Å². The van der Waals surface area contributed by atoms with Crippen LogP contribution in [-0.4, -0.2) is 84.7 Å². The lowest BCUT2D eigenvalue weighted by Crippen LogP contribution is -2.56. The van der Waals surface area contributed by atoms with E-state index in [9.17, 15) is 18.4 Å². The summed E-state index contributed by atoms with van der Waals surface area (Å²) in [4.78, 5) is 30.2. The van der Waals surface area contributed by atoms with E-state index in [0.29, 0.717) is 45.2 Å². The second-order valence-electron chi connectivity index (χ2n) is 8.90. The van der Waals surface area contributed by atoms with Crippen LogP contribution in [0.5, 0.6) is 0 Å². The van der Waals surface area contributed by atoms with Gasteiger partial charge >= 0.3 is 0 Å². The smallest absolute Gasteiger partial charge is 0.269 e. The van der Waals surface area contributed by atoms with Crippen LogP contribution in [-0.2, 0) is 9.59 Å². The number of Topliss-reactive ketones (excluding diaryl/α,β-unsaturated/α-hetero) is 1. The summed E-state index contributed by atoms with van der Waals surface area (Å²) in [5.74, 6) is -3.59. The molecule has 7 heteroatoms. The maximum atomic E-state index is 14.8. The third-order valence-electron chi connectivity index (χ3n) is 7.10. The number of hydrogen-bond donors (Lipinski definition) is 0. The molecule has 0 N–H and O–H groups in total. The van der Waals surface area contributed by atoms with Gasteiger partial charge in [0.05, 0.1) is 6.54 Å². The fourth-order valence-corrected chi connectivity index (χ4v) is 5.00. The molecule has 2 saturated heterocycles. The fourth-order valence-electron chi connectivity index (χ4n) is 5.00. The summed E-state index contributed by atoms with van der Waals surface area (Å²) in [7, 11) is 0. The number of likely N-dealkylation sites (tertiary alicyclic amines) is 1. The van der Waals surface area contributed by atoms with Gasteiger partial charge in [0.15, 0.2) is 0 Å². The Hall–Kier alpha value is -1.08. The zero-order valence-electron chi connectivity index (χ0n) is 17.3. The molecular weight excluding hydrogens is 364 g/mol. The number of amides is 1. The lowest BCUT2D eigenvalue weighted by Gasteiger charge is -2.43. The third kappa shape index (κ3) is 5.09. The molecular formula is C21H35F2N3O2. The number of piperidine rings is 1. The summed E-state index contributed by atoms with van der Waals surface area (Å²) in [5, 5.41) is 0. The summed E-state index contributed by atoms with van der Waals surface area (Å²) in [5.41, 5.74) is 0. The van der Waals surface area contributed by atoms with Gasteiger partial charge in [-0.1, -0.05) is 6.92 Å². The van der Waals surface area contributed by atoms with Crippen LogP contribution in [0, 0.1) is 17.8 Å². The molecule has 0 bridgehead atoms. The molecule has 1 unspecified atom stereocenters. The normalized spacial score (nSPS) is 32.3. The van der Waals surface area contributed by atoms with Crippen molar-refractivity contribution in [2.75, 3.05) is 52.4 Å². The summed E-state index contributed by atoms with van der Waals surface area (Å²) in [6, 6.07) is 0. The Morgan fingerprint density at radius 3 is 2.00 bits per heavy atom. The number of hydrogen-bond acceptors (Lipinski definition) is 4. The predicted molar refractivity (Wildman–Crippen MR) is 104 cm³/mol. The van der Waals surface area contributed by atoms with Crippen LogP contribution in [0.15, 0.2) is 0 Å². The Labute approximate surface area is 167 Å². The highest BCUT2D eigenvalue weighted by atomic mass is 19.3. The number of nitrogens with zero attached hydrogens (tertiary/aromatic N) is 3. The average Bonchev–Trinajstić information content (AvgIpc) is 2.69. The minimum absolute atomic E-state index is 0.0457. The molecule has 0 aromatic rings. The van der Waals surface area contributed by atoms with Crippen LogP contribution in [0.3, 0.4) is 0 Å². The number of carbonyl (C=O) groups is 2. The number of likely N-dealkylation sites (N-methyl/N-ethyl adjacent to an activating group) is 1. The molecule has 1 aliphatic carbocycles. The molecule has 160 valence electrons. The Morgan fingerprint density at radius 1 is 0.893 bits per heavy atom. The fraction of sp³-hybridized carbons (Fsp3) is 0.905. The molecule has 3 rings (SSSR count). The van der Waals surface area contributed by atoms with E-state index in [1.165, 1.54) is 4.90 Å². The first-order valence-electron chi connectivity index (χ1n) is 10.9. The highest BCUT2D eigenvalue weighted by Crippen LogP contribution is 2.36. The van der Waals surface area contributed by atoms with Crippen molar-refractivity contribution in [2.24, 2.45) is 17.8 Å². The zero-order valence-corrected chi connectivity index (χ0v) is 17.3. The summed E-state index contributed by atoms with van der Waals surface area (Å²) < 4.78 is 29.7. The van der Waals surface area contributed by atoms with E-state index in [0.717, 1.165) is 32.7 Å². The minimum Gasteiger partial charge on any atom is -0.336 e. The number of halogens is 2. The van der Waals surface area contributed by atoms with Gasteiger partial charge in [0.25, 0.3) is 5.92 Å². The Balaban J connectivity index is 1.49. The topological polar surface area (TPSA) is 43.9 Å². The maximum absolute atomic E-state index is 14.8. The first-order chi connectivity index (χ1) is 13.3. The van der Waals surface area contributed by atoms with Gasteiger partial charge in [0.1, 0.15) is 5.78 Å². The lowest BCUT2D eigenvalue weighted by atomic mass is 9.79. The van der Waals surface area contributed by atoms with Gasteiger partial charge in [-0.3, -0.25) is 9.59 Å². The van der Waals surface area contributed by atoms with Gasteiger partial charge in [-0.25, -0.2) is 8.78 Å². The molecule has 1 atom stereocenters. The highest BCUT2D eigenvalue weighted by molar-refractivity contribution is 5.81. The Bertz CT molecular complexity index is 556. The van der Waals surface area contributed by atoms with Crippen LogP contribution in [0.1, 0.15) is 46.0 Å². The first-order valence-corrected chi connectivity index (χ1v) is 10.9. The van der Waals surface area contributed by atoms with E-state index >= 15 is 0 Å². The standard InChI is InChI=1S/C21H35F2N3O2/c1-3-24-10-12-25(13-11-24)14-19-8-9-26(15-21(19,22)23)20(28)18-6-4-17(5-7-18)16(2)27/h17-19H,3-15H2,1-2H3. The molecule has 1 saturated carbocycles. The summed E-state index contributed by atoms with van der Waals surface area (Å²) in [6.45, 7) is 8.74. The van der Waals surface area contributed by atoms with Crippen molar-refractivity contribution in [3.63, 3.8) is 0 Å².